The third-order valence-corrected chi connectivity index (χ3v) is 1.46. The van der Waals surface area contributed by atoms with Gasteiger partial charge in [-0.2, -0.15) is 13.2 Å². The number of alkyl halides is 3. The summed E-state index contributed by atoms with van der Waals surface area (Å²) in [6, 6.07) is 0. The van der Waals surface area contributed by atoms with Crippen molar-refractivity contribution in [3.63, 3.8) is 0 Å². The van der Waals surface area contributed by atoms with Gasteiger partial charge in [-0.3, -0.25) is 0 Å². The summed E-state index contributed by atoms with van der Waals surface area (Å²) in [5.74, 6) is -0.981. The summed E-state index contributed by atoms with van der Waals surface area (Å²) >= 11 is 0.469. The lowest BCUT2D eigenvalue weighted by Crippen LogP contribution is -2.13. The van der Waals surface area contributed by atoms with E-state index in [1.807, 2.05) is 0 Å². The SMILES string of the molecule is CC(O)SCC(F)(F)F. The lowest BCUT2D eigenvalue weighted by molar-refractivity contribution is -0.105. The minimum atomic E-state index is -4.17. The predicted molar refractivity (Wildman–Crippen MR) is 30.2 cm³/mol. The largest absolute Gasteiger partial charge is 0.397 e. The summed E-state index contributed by atoms with van der Waals surface area (Å²) in [5, 5.41) is 8.38. The van der Waals surface area contributed by atoms with Gasteiger partial charge in [-0.15, -0.1) is 11.8 Å². The molecule has 1 nitrogen and oxygen atoms in total. The number of halogens is 3. The zero-order valence-electron chi connectivity index (χ0n) is 4.77. The van der Waals surface area contributed by atoms with Crippen LogP contribution in [0.25, 0.3) is 0 Å². The molecular formula is C4H7F3OS. The molecule has 1 unspecified atom stereocenters. The Morgan fingerprint density at radius 1 is 1.56 bits per heavy atom. The third-order valence-electron chi connectivity index (χ3n) is 0.488. The van der Waals surface area contributed by atoms with Crippen LogP contribution in [0, 0.1) is 0 Å². The molecule has 0 aromatic rings. The first kappa shape index (κ1) is 9.10. The molecule has 5 heteroatoms. The summed E-state index contributed by atoms with van der Waals surface area (Å²) in [7, 11) is 0. The van der Waals surface area contributed by atoms with Gasteiger partial charge in [-0.05, 0) is 6.92 Å². The van der Waals surface area contributed by atoms with Gasteiger partial charge in [0.25, 0.3) is 0 Å². The quantitative estimate of drug-likeness (QED) is 0.619. The molecule has 1 atom stereocenters. The van der Waals surface area contributed by atoms with Crippen LogP contribution in [0.4, 0.5) is 13.2 Å². The summed E-state index contributed by atoms with van der Waals surface area (Å²) in [6.45, 7) is 1.30. The highest BCUT2D eigenvalue weighted by Crippen LogP contribution is 2.22. The second kappa shape index (κ2) is 3.31. The molecule has 0 saturated heterocycles. The topological polar surface area (TPSA) is 20.2 Å². The summed E-state index contributed by atoms with van der Waals surface area (Å²) in [5.41, 5.74) is -0.938. The van der Waals surface area contributed by atoms with Crippen LogP contribution < -0.4 is 0 Å². The fourth-order valence-corrected chi connectivity index (χ4v) is 0.645. The van der Waals surface area contributed by atoms with E-state index in [0.717, 1.165) is 0 Å². The summed E-state index contributed by atoms with van der Waals surface area (Å²) < 4.78 is 33.9. The van der Waals surface area contributed by atoms with Crippen molar-refractivity contribution in [2.75, 3.05) is 5.75 Å². The molecule has 0 aliphatic rings. The van der Waals surface area contributed by atoms with Crippen LogP contribution in [0.2, 0.25) is 0 Å². The number of rotatable bonds is 2. The molecule has 0 aromatic heterocycles. The maximum absolute atomic E-state index is 11.3. The molecule has 0 spiro atoms. The fraction of sp³-hybridized carbons (Fsp3) is 1.00. The van der Waals surface area contributed by atoms with Crippen LogP contribution in [-0.2, 0) is 0 Å². The van der Waals surface area contributed by atoms with E-state index in [0.29, 0.717) is 11.8 Å². The van der Waals surface area contributed by atoms with E-state index in [1.165, 1.54) is 6.92 Å². The zero-order chi connectivity index (χ0) is 7.49. The van der Waals surface area contributed by atoms with Crippen LogP contribution in [0.1, 0.15) is 6.92 Å². The molecule has 0 aliphatic carbocycles. The first-order chi connectivity index (χ1) is 3.92. The van der Waals surface area contributed by atoms with Crippen molar-refractivity contribution < 1.29 is 18.3 Å². The van der Waals surface area contributed by atoms with Crippen molar-refractivity contribution in [1.82, 2.24) is 0 Å². The molecule has 0 radical (unpaired) electrons. The van der Waals surface area contributed by atoms with Crippen molar-refractivity contribution in [3.8, 4) is 0 Å². The van der Waals surface area contributed by atoms with Gasteiger partial charge >= 0.3 is 6.18 Å². The minimum absolute atomic E-state index is 0.469. The standard InChI is InChI=1S/C4H7F3OS/c1-3(8)9-2-4(5,6)7/h3,8H,2H2,1H3. The third kappa shape index (κ3) is 8.10. The summed E-state index contributed by atoms with van der Waals surface area (Å²) in [6.07, 6.45) is -4.17. The average Bonchev–Trinajstić information content (AvgIpc) is 1.59. The Morgan fingerprint density at radius 2 is 2.00 bits per heavy atom. The van der Waals surface area contributed by atoms with Gasteiger partial charge in [-0.25, -0.2) is 0 Å². The Bertz CT molecular complexity index is 80.4. The molecule has 0 aromatic carbocycles. The number of hydrogen-bond acceptors (Lipinski definition) is 2. The molecule has 9 heavy (non-hydrogen) atoms. The Hall–Kier alpha value is 0.100. The Balaban J connectivity index is 3.28. The van der Waals surface area contributed by atoms with Gasteiger partial charge in [0.1, 0.15) is 0 Å². The molecule has 0 fully saturated rings. The second-order valence-corrected chi connectivity index (χ2v) is 2.83. The van der Waals surface area contributed by atoms with E-state index >= 15 is 0 Å². The number of hydrogen-bond donors (Lipinski definition) is 1. The monoisotopic (exact) mass is 160 g/mol. The van der Waals surface area contributed by atoms with Crippen molar-refractivity contribution in [2.24, 2.45) is 0 Å². The molecule has 0 amide bonds. The molecule has 0 bridgehead atoms. The molecule has 0 heterocycles. The normalized spacial score (nSPS) is 15.7. The predicted octanol–water partition coefficient (Wildman–Crippen LogP) is 1.62. The highest BCUT2D eigenvalue weighted by atomic mass is 32.2. The van der Waals surface area contributed by atoms with Crippen LogP contribution in [0.15, 0.2) is 0 Å². The van der Waals surface area contributed by atoms with Crippen LogP contribution in [0.5, 0.6) is 0 Å². The number of aliphatic hydroxyl groups is 1. The minimum Gasteiger partial charge on any atom is -0.383 e. The van der Waals surface area contributed by atoms with Gasteiger partial charge in [0.15, 0.2) is 0 Å². The molecule has 0 aliphatic heterocycles. The second-order valence-electron chi connectivity index (χ2n) is 1.53. The van der Waals surface area contributed by atoms with Crippen molar-refractivity contribution in [1.29, 1.82) is 0 Å². The zero-order valence-corrected chi connectivity index (χ0v) is 5.59. The Labute approximate surface area is 55.2 Å². The van der Waals surface area contributed by atoms with Crippen molar-refractivity contribution in [3.05, 3.63) is 0 Å². The Kier molecular flexibility index (Phi) is 3.35. The van der Waals surface area contributed by atoms with Gasteiger partial charge in [0.05, 0.1) is 11.2 Å². The van der Waals surface area contributed by atoms with E-state index < -0.39 is 17.4 Å². The van der Waals surface area contributed by atoms with Crippen molar-refractivity contribution in [2.45, 2.75) is 18.5 Å². The maximum atomic E-state index is 11.3. The fourth-order valence-electron chi connectivity index (χ4n) is 0.215. The van der Waals surface area contributed by atoms with Crippen molar-refractivity contribution >= 4 is 11.8 Å². The smallest absolute Gasteiger partial charge is 0.383 e. The lowest BCUT2D eigenvalue weighted by Gasteiger charge is -2.06. The van der Waals surface area contributed by atoms with Gasteiger partial charge in [0.2, 0.25) is 0 Å². The molecule has 0 rings (SSSR count). The molecule has 56 valence electrons. The number of aliphatic hydroxyl groups excluding tert-OH is 1. The van der Waals surface area contributed by atoms with E-state index in [-0.39, 0.29) is 0 Å². The van der Waals surface area contributed by atoms with E-state index in [2.05, 4.69) is 0 Å². The van der Waals surface area contributed by atoms with Gasteiger partial charge < -0.3 is 5.11 Å². The first-order valence-electron chi connectivity index (χ1n) is 2.28. The van der Waals surface area contributed by atoms with Crippen LogP contribution in [-0.4, -0.2) is 22.5 Å². The van der Waals surface area contributed by atoms with E-state index in [9.17, 15) is 13.2 Å². The van der Waals surface area contributed by atoms with Gasteiger partial charge in [0, 0.05) is 0 Å². The highest BCUT2D eigenvalue weighted by Gasteiger charge is 2.27. The van der Waals surface area contributed by atoms with Crippen LogP contribution in [0.3, 0.4) is 0 Å². The molecular weight excluding hydrogens is 153 g/mol. The number of thioether (sulfide) groups is 1. The van der Waals surface area contributed by atoms with E-state index in [4.69, 9.17) is 5.11 Å². The molecule has 1 N–H and O–H groups in total. The lowest BCUT2D eigenvalue weighted by atomic mass is 10.8. The average molecular weight is 160 g/mol. The first-order valence-corrected chi connectivity index (χ1v) is 3.33. The van der Waals surface area contributed by atoms with E-state index in [1.54, 1.807) is 0 Å². The maximum Gasteiger partial charge on any atom is 0.397 e. The molecule has 0 saturated carbocycles. The van der Waals surface area contributed by atoms with Crippen LogP contribution >= 0.6 is 11.8 Å². The Morgan fingerprint density at radius 3 is 2.11 bits per heavy atom. The highest BCUT2D eigenvalue weighted by molar-refractivity contribution is 7.99. The summed E-state index contributed by atoms with van der Waals surface area (Å²) in [4.78, 5) is 0. The van der Waals surface area contributed by atoms with Gasteiger partial charge in [-0.1, -0.05) is 0 Å².